The molecule has 0 atom stereocenters. The molecule has 13 heavy (non-hydrogen) atoms. The third kappa shape index (κ3) is 1.35. The van der Waals surface area contributed by atoms with Crippen molar-refractivity contribution < 1.29 is 0 Å². The Morgan fingerprint density at radius 2 is 2.15 bits per heavy atom. The van der Waals surface area contributed by atoms with Gasteiger partial charge in [0.15, 0.2) is 0 Å². The number of pyridine rings is 1. The first kappa shape index (κ1) is 8.70. The van der Waals surface area contributed by atoms with Crippen molar-refractivity contribution in [1.82, 2.24) is 4.98 Å². The molecule has 0 aliphatic rings. The van der Waals surface area contributed by atoms with Gasteiger partial charge in [0.2, 0.25) is 0 Å². The van der Waals surface area contributed by atoms with Crippen LogP contribution in [0, 0.1) is 6.92 Å². The fourth-order valence-corrected chi connectivity index (χ4v) is 2.77. The molecule has 0 bridgehead atoms. The molecule has 0 spiro atoms. The minimum absolute atomic E-state index is 0.610. The van der Waals surface area contributed by atoms with Gasteiger partial charge in [-0.15, -0.1) is 11.3 Å². The summed E-state index contributed by atoms with van der Waals surface area (Å²) < 4.78 is 0. The molecule has 2 aromatic rings. The molecule has 0 aliphatic carbocycles. The molecule has 0 aliphatic heterocycles. The fraction of sp³-hybridized carbons (Fsp3) is 0.364. The van der Waals surface area contributed by atoms with Crippen LogP contribution in [0.1, 0.15) is 30.2 Å². The zero-order valence-electron chi connectivity index (χ0n) is 8.16. The minimum Gasteiger partial charge on any atom is -0.245 e. The summed E-state index contributed by atoms with van der Waals surface area (Å²) in [6.07, 6.45) is 1.86. The van der Waals surface area contributed by atoms with Crippen LogP contribution in [-0.4, -0.2) is 4.98 Å². The van der Waals surface area contributed by atoms with Gasteiger partial charge >= 0.3 is 0 Å². The maximum Gasteiger partial charge on any atom is 0.123 e. The number of rotatable bonds is 1. The van der Waals surface area contributed by atoms with Crippen molar-refractivity contribution in [3.63, 3.8) is 0 Å². The Morgan fingerprint density at radius 1 is 1.38 bits per heavy atom. The smallest absolute Gasteiger partial charge is 0.123 e. The van der Waals surface area contributed by atoms with Gasteiger partial charge in [-0.1, -0.05) is 19.9 Å². The highest BCUT2D eigenvalue weighted by Crippen LogP contribution is 2.33. The van der Waals surface area contributed by atoms with Gasteiger partial charge in [0.25, 0.3) is 0 Å². The molecule has 0 unspecified atom stereocenters. The molecule has 0 saturated carbocycles. The van der Waals surface area contributed by atoms with Crippen LogP contribution in [0.5, 0.6) is 0 Å². The number of hydrogen-bond donors (Lipinski definition) is 0. The van der Waals surface area contributed by atoms with E-state index >= 15 is 0 Å². The highest BCUT2D eigenvalue weighted by molar-refractivity contribution is 7.18. The normalized spacial score (nSPS) is 11.4. The van der Waals surface area contributed by atoms with Gasteiger partial charge in [-0.3, -0.25) is 0 Å². The van der Waals surface area contributed by atoms with E-state index in [4.69, 9.17) is 0 Å². The number of aryl methyl sites for hydroxylation is 1. The number of hydrogen-bond acceptors (Lipinski definition) is 2. The molecular formula is C11H13NS. The van der Waals surface area contributed by atoms with Gasteiger partial charge in [-0.2, -0.15) is 0 Å². The fourth-order valence-electron chi connectivity index (χ4n) is 1.62. The van der Waals surface area contributed by atoms with Crippen LogP contribution >= 0.6 is 11.3 Å². The number of fused-ring (bicyclic) bond motifs is 1. The molecule has 0 amide bonds. The Labute approximate surface area is 82.4 Å². The molecule has 2 heterocycles. The van der Waals surface area contributed by atoms with Crippen molar-refractivity contribution >= 4 is 21.6 Å². The van der Waals surface area contributed by atoms with Gasteiger partial charge < -0.3 is 0 Å². The van der Waals surface area contributed by atoms with Crippen molar-refractivity contribution in [3.8, 4) is 0 Å². The standard InChI is InChI=1S/C11H13NS/c1-7(2)10-8(3)9-5-4-6-12-11(9)13-10/h4-7H,1-3H3. The van der Waals surface area contributed by atoms with Crippen molar-refractivity contribution in [2.75, 3.05) is 0 Å². The Balaban J connectivity index is 2.74. The summed E-state index contributed by atoms with van der Waals surface area (Å²) in [5.74, 6) is 0.610. The molecule has 0 fully saturated rings. The average Bonchev–Trinajstić information content (AvgIpc) is 2.45. The molecule has 2 heteroatoms. The van der Waals surface area contributed by atoms with Crippen LogP contribution in [0.3, 0.4) is 0 Å². The van der Waals surface area contributed by atoms with Crippen LogP contribution in [0.15, 0.2) is 18.3 Å². The Bertz CT molecular complexity index is 429. The van der Waals surface area contributed by atoms with E-state index < -0.39 is 0 Å². The van der Waals surface area contributed by atoms with E-state index in [1.54, 1.807) is 0 Å². The molecule has 0 radical (unpaired) electrons. The molecule has 2 rings (SSSR count). The average molecular weight is 191 g/mol. The third-order valence-electron chi connectivity index (χ3n) is 2.28. The monoisotopic (exact) mass is 191 g/mol. The van der Waals surface area contributed by atoms with Crippen LogP contribution in [-0.2, 0) is 0 Å². The predicted octanol–water partition coefficient (Wildman–Crippen LogP) is 3.73. The van der Waals surface area contributed by atoms with Crippen LogP contribution in [0.25, 0.3) is 10.2 Å². The molecule has 1 nitrogen and oxygen atoms in total. The minimum atomic E-state index is 0.610. The zero-order valence-corrected chi connectivity index (χ0v) is 8.98. The quantitative estimate of drug-likeness (QED) is 0.669. The van der Waals surface area contributed by atoms with E-state index in [1.165, 1.54) is 20.7 Å². The molecule has 0 N–H and O–H groups in total. The third-order valence-corrected chi connectivity index (χ3v) is 3.79. The Morgan fingerprint density at radius 3 is 2.77 bits per heavy atom. The Hall–Kier alpha value is -0.890. The summed E-state index contributed by atoms with van der Waals surface area (Å²) in [6.45, 7) is 6.66. The van der Waals surface area contributed by atoms with E-state index in [-0.39, 0.29) is 0 Å². The van der Waals surface area contributed by atoms with Crippen molar-refractivity contribution in [2.45, 2.75) is 26.7 Å². The highest BCUT2D eigenvalue weighted by Gasteiger charge is 2.10. The van der Waals surface area contributed by atoms with Crippen LogP contribution < -0.4 is 0 Å². The van der Waals surface area contributed by atoms with Gasteiger partial charge in [0.05, 0.1) is 0 Å². The van der Waals surface area contributed by atoms with E-state index in [9.17, 15) is 0 Å². The first-order chi connectivity index (χ1) is 6.20. The predicted molar refractivity (Wildman–Crippen MR) is 58.4 cm³/mol. The number of thiophene rings is 1. The summed E-state index contributed by atoms with van der Waals surface area (Å²) in [7, 11) is 0. The second-order valence-electron chi connectivity index (χ2n) is 3.60. The number of nitrogens with zero attached hydrogens (tertiary/aromatic N) is 1. The maximum atomic E-state index is 4.36. The lowest BCUT2D eigenvalue weighted by Gasteiger charge is -2.01. The van der Waals surface area contributed by atoms with Gasteiger partial charge in [-0.25, -0.2) is 4.98 Å². The second-order valence-corrected chi connectivity index (χ2v) is 4.63. The molecule has 2 aromatic heterocycles. The molecule has 0 aromatic carbocycles. The first-order valence-electron chi connectivity index (χ1n) is 4.54. The molecule has 0 saturated heterocycles. The summed E-state index contributed by atoms with van der Waals surface area (Å²) >= 11 is 1.82. The maximum absolute atomic E-state index is 4.36. The van der Waals surface area contributed by atoms with Gasteiger partial charge in [-0.05, 0) is 24.5 Å². The highest BCUT2D eigenvalue weighted by atomic mass is 32.1. The first-order valence-corrected chi connectivity index (χ1v) is 5.36. The van der Waals surface area contributed by atoms with Crippen molar-refractivity contribution in [1.29, 1.82) is 0 Å². The summed E-state index contributed by atoms with van der Waals surface area (Å²) in [5, 5.41) is 1.32. The van der Waals surface area contributed by atoms with Crippen molar-refractivity contribution in [3.05, 3.63) is 28.8 Å². The van der Waals surface area contributed by atoms with Gasteiger partial charge in [0.1, 0.15) is 4.83 Å². The second kappa shape index (κ2) is 3.11. The lowest BCUT2D eigenvalue weighted by atomic mass is 10.1. The molecular weight excluding hydrogens is 178 g/mol. The SMILES string of the molecule is Cc1c(C(C)C)sc2ncccc12. The topological polar surface area (TPSA) is 12.9 Å². The van der Waals surface area contributed by atoms with Crippen LogP contribution in [0.2, 0.25) is 0 Å². The number of aromatic nitrogens is 1. The van der Waals surface area contributed by atoms with E-state index in [2.05, 4.69) is 31.8 Å². The lowest BCUT2D eigenvalue weighted by Crippen LogP contribution is -1.83. The summed E-state index contributed by atoms with van der Waals surface area (Å²) in [5.41, 5.74) is 1.41. The lowest BCUT2D eigenvalue weighted by molar-refractivity contribution is 0.882. The van der Waals surface area contributed by atoms with E-state index in [1.807, 2.05) is 23.6 Å². The summed E-state index contributed by atoms with van der Waals surface area (Å²) in [4.78, 5) is 7.00. The van der Waals surface area contributed by atoms with Crippen molar-refractivity contribution in [2.24, 2.45) is 0 Å². The molecule has 68 valence electrons. The zero-order chi connectivity index (χ0) is 9.42. The van der Waals surface area contributed by atoms with Gasteiger partial charge in [0, 0.05) is 16.5 Å². The van der Waals surface area contributed by atoms with E-state index in [0.29, 0.717) is 5.92 Å². The largest absolute Gasteiger partial charge is 0.245 e. The Kier molecular flexibility index (Phi) is 2.08. The van der Waals surface area contributed by atoms with E-state index in [0.717, 1.165) is 0 Å². The van der Waals surface area contributed by atoms with Crippen LogP contribution in [0.4, 0.5) is 0 Å². The summed E-state index contributed by atoms with van der Waals surface area (Å²) in [6, 6.07) is 4.16.